The molecule has 2 rings (SSSR count). The first-order valence-corrected chi connectivity index (χ1v) is 8.82. The highest BCUT2D eigenvalue weighted by Crippen LogP contribution is 2.25. The van der Waals surface area contributed by atoms with Crippen molar-refractivity contribution in [2.45, 2.75) is 20.8 Å². The fourth-order valence-corrected chi connectivity index (χ4v) is 2.92. The Labute approximate surface area is 167 Å². The van der Waals surface area contributed by atoms with Crippen LogP contribution in [0.2, 0.25) is 5.02 Å². The van der Waals surface area contributed by atoms with E-state index in [4.69, 9.17) is 11.6 Å². The van der Waals surface area contributed by atoms with Crippen molar-refractivity contribution >= 4 is 40.9 Å². The highest BCUT2D eigenvalue weighted by Gasteiger charge is 2.12. The molecule has 8 heteroatoms. The molecule has 7 nitrogen and oxygen atoms in total. The van der Waals surface area contributed by atoms with Gasteiger partial charge in [-0.1, -0.05) is 35.4 Å². The van der Waals surface area contributed by atoms with Crippen molar-refractivity contribution in [3.05, 3.63) is 73.8 Å². The lowest BCUT2D eigenvalue weighted by atomic mass is 10.1. The van der Waals surface area contributed by atoms with Crippen molar-refractivity contribution in [2.75, 3.05) is 11.9 Å². The molecule has 0 spiro atoms. The Balaban J connectivity index is 1.94. The molecule has 0 fully saturated rings. The maximum absolute atomic E-state index is 12.1. The number of hydrogen-bond donors (Lipinski definition) is 2. The lowest BCUT2D eigenvalue weighted by Gasteiger charge is -2.13. The Morgan fingerprint density at radius 1 is 1.14 bits per heavy atom. The van der Waals surface area contributed by atoms with E-state index in [0.29, 0.717) is 5.56 Å². The van der Waals surface area contributed by atoms with Crippen molar-refractivity contribution < 1.29 is 14.5 Å². The van der Waals surface area contributed by atoms with Gasteiger partial charge in [-0.3, -0.25) is 19.7 Å². The first kappa shape index (κ1) is 21.1. The monoisotopic (exact) mass is 401 g/mol. The molecular formula is C20H20ClN3O4. The van der Waals surface area contributed by atoms with Crippen LogP contribution in [0.3, 0.4) is 0 Å². The number of nitro groups is 1. The molecule has 0 heterocycles. The normalized spacial score (nSPS) is 10.7. The van der Waals surface area contributed by atoms with Gasteiger partial charge in [-0.05, 0) is 49.6 Å². The van der Waals surface area contributed by atoms with Gasteiger partial charge in [-0.15, -0.1) is 0 Å². The Morgan fingerprint density at radius 3 is 2.39 bits per heavy atom. The van der Waals surface area contributed by atoms with Gasteiger partial charge in [0.15, 0.2) is 0 Å². The van der Waals surface area contributed by atoms with Gasteiger partial charge >= 0.3 is 0 Å². The molecule has 0 saturated heterocycles. The van der Waals surface area contributed by atoms with Crippen LogP contribution in [-0.2, 0) is 9.59 Å². The predicted molar refractivity (Wildman–Crippen MR) is 109 cm³/mol. The quantitative estimate of drug-likeness (QED) is 0.434. The maximum Gasteiger partial charge on any atom is 0.288 e. The zero-order valence-corrected chi connectivity index (χ0v) is 16.5. The Bertz CT molecular complexity index is 947. The molecular weight excluding hydrogens is 382 g/mol. The molecule has 0 radical (unpaired) electrons. The van der Waals surface area contributed by atoms with E-state index >= 15 is 0 Å². The fraction of sp³-hybridized carbons (Fsp3) is 0.200. The molecule has 146 valence electrons. The van der Waals surface area contributed by atoms with E-state index in [2.05, 4.69) is 10.6 Å². The minimum absolute atomic E-state index is 0.0185. The van der Waals surface area contributed by atoms with Crippen molar-refractivity contribution in [1.29, 1.82) is 0 Å². The number of hydrogen-bond acceptors (Lipinski definition) is 4. The lowest BCUT2D eigenvalue weighted by Crippen LogP contribution is -2.32. The SMILES string of the molecule is Cc1cc(C)c(NC(=O)CNC(=O)C=Cc2ccc(Cl)c([N+](=O)[O-])c2)c(C)c1. The van der Waals surface area contributed by atoms with Crippen LogP contribution in [0.1, 0.15) is 22.3 Å². The summed E-state index contributed by atoms with van der Waals surface area (Å²) in [6.45, 7) is 5.59. The number of halogens is 1. The van der Waals surface area contributed by atoms with Gasteiger partial charge in [-0.2, -0.15) is 0 Å². The molecule has 2 N–H and O–H groups in total. The molecule has 0 aliphatic heterocycles. The topological polar surface area (TPSA) is 101 Å². The number of nitro benzene ring substituents is 1. The second-order valence-electron chi connectivity index (χ2n) is 6.34. The van der Waals surface area contributed by atoms with Gasteiger partial charge in [0.2, 0.25) is 11.8 Å². The largest absolute Gasteiger partial charge is 0.343 e. The lowest BCUT2D eigenvalue weighted by molar-refractivity contribution is -0.384. The molecule has 0 aromatic heterocycles. The molecule has 0 aliphatic rings. The Hall–Kier alpha value is -3.19. The third kappa shape index (κ3) is 5.65. The van der Waals surface area contributed by atoms with Crippen LogP contribution < -0.4 is 10.6 Å². The van der Waals surface area contributed by atoms with E-state index in [-0.39, 0.29) is 23.2 Å². The molecule has 2 aromatic carbocycles. The van der Waals surface area contributed by atoms with Gasteiger partial charge < -0.3 is 10.6 Å². The Morgan fingerprint density at radius 2 is 1.79 bits per heavy atom. The number of amides is 2. The molecule has 0 saturated carbocycles. The van der Waals surface area contributed by atoms with Crippen LogP contribution in [0.25, 0.3) is 6.08 Å². The minimum atomic E-state index is -0.598. The summed E-state index contributed by atoms with van der Waals surface area (Å²) in [4.78, 5) is 34.3. The van der Waals surface area contributed by atoms with Crippen molar-refractivity contribution in [2.24, 2.45) is 0 Å². The number of anilines is 1. The molecule has 0 aliphatic carbocycles. The smallest absolute Gasteiger partial charge is 0.288 e. The van der Waals surface area contributed by atoms with Crippen LogP contribution in [0, 0.1) is 30.9 Å². The summed E-state index contributed by atoms with van der Waals surface area (Å²) in [7, 11) is 0. The number of carbonyl (C=O) groups is 2. The molecule has 0 unspecified atom stereocenters. The van der Waals surface area contributed by atoms with Crippen molar-refractivity contribution in [3.63, 3.8) is 0 Å². The standard InChI is InChI=1S/C20H20ClN3O4/c1-12-8-13(2)20(14(3)9-12)23-19(26)11-22-18(25)7-5-15-4-6-16(21)17(10-15)24(27)28/h4-10H,11H2,1-3H3,(H,22,25)(H,23,26). The summed E-state index contributed by atoms with van der Waals surface area (Å²) in [5.41, 5.74) is 3.93. The maximum atomic E-state index is 12.1. The van der Waals surface area contributed by atoms with E-state index in [1.807, 2.05) is 32.9 Å². The predicted octanol–water partition coefficient (Wildman–Crippen LogP) is 3.94. The summed E-state index contributed by atoms with van der Waals surface area (Å²) >= 11 is 5.75. The van der Waals surface area contributed by atoms with E-state index in [9.17, 15) is 19.7 Å². The molecule has 2 amide bonds. The van der Waals surface area contributed by atoms with Gasteiger partial charge in [0.25, 0.3) is 5.69 Å². The van der Waals surface area contributed by atoms with E-state index in [0.717, 1.165) is 22.4 Å². The summed E-state index contributed by atoms with van der Waals surface area (Å²) in [5, 5.41) is 16.2. The number of rotatable bonds is 6. The fourth-order valence-electron chi connectivity index (χ4n) is 2.73. The third-order valence-corrected chi connectivity index (χ3v) is 4.28. The summed E-state index contributed by atoms with van der Waals surface area (Å²) in [6, 6.07) is 8.14. The zero-order chi connectivity index (χ0) is 20.8. The van der Waals surface area contributed by atoms with E-state index in [1.54, 1.807) is 6.07 Å². The van der Waals surface area contributed by atoms with Gasteiger partial charge in [0, 0.05) is 17.8 Å². The molecule has 2 aromatic rings. The summed E-state index contributed by atoms with van der Waals surface area (Å²) in [6.07, 6.45) is 2.60. The molecule has 0 bridgehead atoms. The second kappa shape index (κ2) is 9.14. The first-order chi connectivity index (χ1) is 13.2. The van der Waals surface area contributed by atoms with Crippen LogP contribution in [0.4, 0.5) is 11.4 Å². The van der Waals surface area contributed by atoms with Crippen LogP contribution in [-0.4, -0.2) is 23.3 Å². The third-order valence-electron chi connectivity index (χ3n) is 3.96. The van der Waals surface area contributed by atoms with E-state index < -0.39 is 10.8 Å². The molecule has 28 heavy (non-hydrogen) atoms. The average molecular weight is 402 g/mol. The summed E-state index contributed by atoms with van der Waals surface area (Å²) in [5.74, 6) is -0.843. The van der Waals surface area contributed by atoms with Crippen LogP contribution in [0.5, 0.6) is 0 Å². The average Bonchev–Trinajstić information content (AvgIpc) is 2.62. The highest BCUT2D eigenvalue weighted by atomic mass is 35.5. The zero-order valence-electron chi connectivity index (χ0n) is 15.7. The van der Waals surface area contributed by atoms with Gasteiger partial charge in [-0.25, -0.2) is 0 Å². The van der Waals surface area contributed by atoms with Crippen LogP contribution >= 0.6 is 11.6 Å². The number of carbonyl (C=O) groups excluding carboxylic acids is 2. The number of nitrogens with zero attached hydrogens (tertiary/aromatic N) is 1. The van der Waals surface area contributed by atoms with Crippen molar-refractivity contribution in [1.82, 2.24) is 5.32 Å². The number of benzene rings is 2. The number of aryl methyl sites for hydroxylation is 3. The van der Waals surface area contributed by atoms with Crippen molar-refractivity contribution in [3.8, 4) is 0 Å². The summed E-state index contributed by atoms with van der Waals surface area (Å²) < 4.78 is 0. The number of nitrogens with one attached hydrogen (secondary N) is 2. The minimum Gasteiger partial charge on any atom is -0.343 e. The Kier molecular flexibility index (Phi) is 6.89. The highest BCUT2D eigenvalue weighted by molar-refractivity contribution is 6.32. The molecule has 0 atom stereocenters. The van der Waals surface area contributed by atoms with Gasteiger partial charge in [0.1, 0.15) is 5.02 Å². The van der Waals surface area contributed by atoms with Crippen LogP contribution in [0.15, 0.2) is 36.4 Å². The van der Waals surface area contributed by atoms with E-state index in [1.165, 1.54) is 24.3 Å². The first-order valence-electron chi connectivity index (χ1n) is 8.45. The second-order valence-corrected chi connectivity index (χ2v) is 6.75. The van der Waals surface area contributed by atoms with Gasteiger partial charge in [0.05, 0.1) is 11.5 Å².